The summed E-state index contributed by atoms with van der Waals surface area (Å²) in [5.41, 5.74) is 2.25. The number of benzene rings is 2. The van der Waals surface area contributed by atoms with Crippen LogP contribution in [0.1, 0.15) is 31.7 Å². The largest absolute Gasteiger partial charge is 0.433 e. The van der Waals surface area contributed by atoms with Gasteiger partial charge in [-0.2, -0.15) is 8.78 Å². The summed E-state index contributed by atoms with van der Waals surface area (Å²) < 4.78 is 31.9. The van der Waals surface area contributed by atoms with Crippen molar-refractivity contribution in [3.8, 4) is 11.4 Å². The molecule has 0 saturated carbocycles. The molecule has 1 aromatic heterocycles. The lowest BCUT2D eigenvalue weighted by molar-refractivity contribution is -0.115. The molecular weight excluding hydrogens is 460 g/mol. The molecule has 1 aliphatic rings. The minimum absolute atomic E-state index is 0.0849. The van der Waals surface area contributed by atoms with Gasteiger partial charge in [-0.15, -0.1) is 10.2 Å². The molecule has 7 nitrogen and oxygen atoms in total. The van der Waals surface area contributed by atoms with E-state index in [2.05, 4.69) is 25.2 Å². The number of nitrogens with zero attached hydrogens (tertiary/aromatic N) is 4. The molecule has 1 unspecified atom stereocenters. The second-order valence-electron chi connectivity index (χ2n) is 8.13. The highest BCUT2D eigenvalue weighted by Gasteiger charge is 2.25. The molecule has 3 aromatic rings. The quantitative estimate of drug-likeness (QED) is 0.436. The highest BCUT2D eigenvalue weighted by molar-refractivity contribution is 8.00. The molecule has 0 bridgehead atoms. The predicted octanol–water partition coefficient (Wildman–Crippen LogP) is 5.29. The number of aryl methyl sites for hydroxylation is 1. The van der Waals surface area contributed by atoms with E-state index in [9.17, 15) is 13.6 Å². The number of amides is 1. The van der Waals surface area contributed by atoms with Crippen molar-refractivity contribution in [3.63, 3.8) is 0 Å². The molecule has 1 N–H and O–H groups in total. The second-order valence-corrected chi connectivity index (χ2v) is 9.43. The number of hydrogen-bond acceptors (Lipinski definition) is 6. The number of para-hydroxylation sites is 2. The van der Waals surface area contributed by atoms with E-state index in [1.807, 2.05) is 35.8 Å². The molecule has 34 heavy (non-hydrogen) atoms. The minimum Gasteiger partial charge on any atom is -0.433 e. The van der Waals surface area contributed by atoms with E-state index in [0.29, 0.717) is 5.16 Å². The molecule has 1 saturated heterocycles. The maximum absolute atomic E-state index is 12.9. The molecule has 0 aliphatic carbocycles. The van der Waals surface area contributed by atoms with Crippen molar-refractivity contribution in [2.45, 2.75) is 50.1 Å². The maximum atomic E-state index is 12.9. The summed E-state index contributed by atoms with van der Waals surface area (Å²) >= 11 is 1.26. The van der Waals surface area contributed by atoms with E-state index >= 15 is 0 Å². The van der Waals surface area contributed by atoms with Crippen LogP contribution in [0.4, 0.5) is 20.4 Å². The van der Waals surface area contributed by atoms with E-state index in [-0.39, 0.29) is 17.3 Å². The molecule has 1 fully saturated rings. The van der Waals surface area contributed by atoms with Gasteiger partial charge in [0.1, 0.15) is 5.75 Å². The van der Waals surface area contributed by atoms with Crippen LogP contribution in [-0.4, -0.2) is 45.6 Å². The Hall–Kier alpha value is -3.14. The van der Waals surface area contributed by atoms with Gasteiger partial charge in [-0.25, -0.2) is 0 Å². The first kappa shape index (κ1) is 24.0. The first-order chi connectivity index (χ1) is 16.4. The topological polar surface area (TPSA) is 72.3 Å². The number of ether oxygens (including phenoxy) is 1. The highest BCUT2D eigenvalue weighted by atomic mass is 32.2. The number of anilines is 2. The molecule has 2 heterocycles. The summed E-state index contributed by atoms with van der Waals surface area (Å²) in [6.45, 7) is 2.60. The number of nitrogens with one attached hydrogen (secondary N) is 1. The van der Waals surface area contributed by atoms with Crippen molar-refractivity contribution in [2.75, 3.05) is 23.3 Å². The third-order valence-electron chi connectivity index (χ3n) is 5.56. The first-order valence-corrected chi connectivity index (χ1v) is 12.1. The van der Waals surface area contributed by atoms with Gasteiger partial charge in [0, 0.05) is 13.1 Å². The standard InChI is InChI=1S/C24H27F2N5O2S/c1-16-10-12-18(13-11-16)31-23(30-14-6-3-7-15-30)28-29-24(31)34-17(2)21(32)27-19-8-4-5-9-20(19)33-22(25)26/h4-5,8-13,17,22H,3,6-7,14-15H2,1-2H3,(H,27,32). The van der Waals surface area contributed by atoms with Crippen LogP contribution in [0.25, 0.3) is 5.69 Å². The summed E-state index contributed by atoms with van der Waals surface area (Å²) in [4.78, 5) is 15.1. The van der Waals surface area contributed by atoms with Crippen LogP contribution in [0.15, 0.2) is 53.7 Å². The third-order valence-corrected chi connectivity index (χ3v) is 6.60. The normalized spacial score (nSPS) is 14.8. The van der Waals surface area contributed by atoms with Gasteiger partial charge in [-0.3, -0.25) is 9.36 Å². The van der Waals surface area contributed by atoms with E-state index < -0.39 is 11.9 Å². The van der Waals surface area contributed by atoms with Crippen LogP contribution in [-0.2, 0) is 4.79 Å². The number of piperidine rings is 1. The molecule has 1 atom stereocenters. The molecule has 180 valence electrons. The fraction of sp³-hybridized carbons (Fsp3) is 0.375. The Labute approximate surface area is 201 Å². The number of hydrogen-bond donors (Lipinski definition) is 1. The number of carbonyl (C=O) groups excluding carboxylic acids is 1. The Kier molecular flexibility index (Phi) is 7.66. The van der Waals surface area contributed by atoms with Gasteiger partial charge in [-0.1, -0.05) is 41.6 Å². The number of rotatable bonds is 8. The van der Waals surface area contributed by atoms with Crippen molar-refractivity contribution in [1.82, 2.24) is 14.8 Å². The van der Waals surface area contributed by atoms with Crippen LogP contribution < -0.4 is 15.0 Å². The average Bonchev–Trinajstić information content (AvgIpc) is 3.24. The van der Waals surface area contributed by atoms with Gasteiger partial charge in [0.15, 0.2) is 5.16 Å². The number of alkyl halides is 2. The minimum atomic E-state index is -2.98. The predicted molar refractivity (Wildman–Crippen MR) is 129 cm³/mol. The zero-order valence-corrected chi connectivity index (χ0v) is 19.9. The first-order valence-electron chi connectivity index (χ1n) is 11.2. The fourth-order valence-corrected chi connectivity index (χ4v) is 4.63. The summed E-state index contributed by atoms with van der Waals surface area (Å²) in [7, 11) is 0. The molecule has 0 radical (unpaired) electrons. The lowest BCUT2D eigenvalue weighted by Crippen LogP contribution is -2.31. The SMILES string of the molecule is Cc1ccc(-n2c(SC(C)C(=O)Nc3ccccc3OC(F)F)nnc2N2CCCCC2)cc1. The molecule has 1 amide bonds. The molecule has 10 heteroatoms. The number of thioether (sulfide) groups is 1. The smallest absolute Gasteiger partial charge is 0.387 e. The summed E-state index contributed by atoms with van der Waals surface area (Å²) in [6.07, 6.45) is 3.40. The van der Waals surface area contributed by atoms with Gasteiger partial charge in [0.05, 0.1) is 16.6 Å². The highest BCUT2D eigenvalue weighted by Crippen LogP contribution is 2.32. The van der Waals surface area contributed by atoms with Crippen molar-refractivity contribution < 1.29 is 18.3 Å². The Morgan fingerprint density at radius 3 is 2.47 bits per heavy atom. The van der Waals surface area contributed by atoms with Crippen LogP contribution in [0.5, 0.6) is 5.75 Å². The number of halogens is 2. The third kappa shape index (κ3) is 5.67. The van der Waals surface area contributed by atoms with Gasteiger partial charge in [0.25, 0.3) is 0 Å². The zero-order valence-electron chi connectivity index (χ0n) is 19.1. The monoisotopic (exact) mass is 487 g/mol. The van der Waals surface area contributed by atoms with Crippen molar-refractivity contribution in [3.05, 3.63) is 54.1 Å². The van der Waals surface area contributed by atoms with E-state index in [4.69, 9.17) is 0 Å². The molecule has 4 rings (SSSR count). The Bertz CT molecular complexity index is 1120. The lowest BCUT2D eigenvalue weighted by atomic mass is 10.1. The van der Waals surface area contributed by atoms with Gasteiger partial charge in [-0.05, 0) is 57.4 Å². The summed E-state index contributed by atoms with van der Waals surface area (Å²) in [6, 6.07) is 14.2. The number of carbonyl (C=O) groups is 1. The van der Waals surface area contributed by atoms with E-state index in [1.54, 1.807) is 19.1 Å². The van der Waals surface area contributed by atoms with Gasteiger partial charge < -0.3 is 15.0 Å². The molecule has 2 aromatic carbocycles. The fourth-order valence-electron chi connectivity index (χ4n) is 3.77. The van der Waals surface area contributed by atoms with E-state index in [1.165, 1.54) is 30.3 Å². The summed E-state index contributed by atoms with van der Waals surface area (Å²) in [5.74, 6) is 0.320. The van der Waals surface area contributed by atoms with Crippen molar-refractivity contribution in [2.24, 2.45) is 0 Å². The van der Waals surface area contributed by atoms with Crippen LogP contribution in [0.3, 0.4) is 0 Å². The maximum Gasteiger partial charge on any atom is 0.387 e. The second kappa shape index (κ2) is 10.9. The lowest BCUT2D eigenvalue weighted by Gasteiger charge is -2.28. The Morgan fingerprint density at radius 2 is 1.76 bits per heavy atom. The van der Waals surface area contributed by atoms with Crippen LogP contribution >= 0.6 is 11.8 Å². The van der Waals surface area contributed by atoms with Crippen LogP contribution in [0.2, 0.25) is 0 Å². The number of aromatic nitrogens is 3. The van der Waals surface area contributed by atoms with E-state index in [0.717, 1.165) is 43.1 Å². The summed E-state index contributed by atoms with van der Waals surface area (Å²) in [5, 5.41) is 11.6. The Morgan fingerprint density at radius 1 is 1.06 bits per heavy atom. The van der Waals surface area contributed by atoms with Crippen LogP contribution in [0, 0.1) is 6.92 Å². The molecular formula is C24H27F2N5O2S. The zero-order chi connectivity index (χ0) is 24.1. The average molecular weight is 488 g/mol. The Balaban J connectivity index is 1.56. The molecule has 1 aliphatic heterocycles. The van der Waals surface area contributed by atoms with Gasteiger partial charge >= 0.3 is 6.61 Å². The van der Waals surface area contributed by atoms with Crippen molar-refractivity contribution >= 4 is 29.3 Å². The van der Waals surface area contributed by atoms with Gasteiger partial charge in [0.2, 0.25) is 11.9 Å². The molecule has 0 spiro atoms. The van der Waals surface area contributed by atoms with Crippen molar-refractivity contribution in [1.29, 1.82) is 0 Å².